The topological polar surface area (TPSA) is 89.9 Å². The molecule has 0 fully saturated rings. The first-order chi connectivity index (χ1) is 8.93. The van der Waals surface area contributed by atoms with E-state index in [1.807, 2.05) is 0 Å². The number of carbonyl (C=O) groups excluding carboxylic acids is 1. The first-order valence-corrected chi connectivity index (χ1v) is 8.10. The van der Waals surface area contributed by atoms with Crippen molar-refractivity contribution in [3.8, 4) is 0 Å². The van der Waals surface area contributed by atoms with Gasteiger partial charge in [-0.1, -0.05) is 19.3 Å². The summed E-state index contributed by atoms with van der Waals surface area (Å²) in [4.78, 5) is 21.8. The van der Waals surface area contributed by atoms with Crippen molar-refractivity contribution in [2.45, 2.75) is 44.9 Å². The molecule has 7 heteroatoms. The van der Waals surface area contributed by atoms with Gasteiger partial charge in [0, 0.05) is 27.1 Å². The Morgan fingerprint density at radius 1 is 0.947 bits per heavy atom. The van der Waals surface area contributed by atoms with Gasteiger partial charge in [0.15, 0.2) is 0 Å². The molecule has 0 amide bonds. The number of carbonyl (C=O) groups is 2. The molecule has 0 saturated carbocycles. The number of unbranched alkanes of at least 4 members (excludes halogenated alkanes) is 4. The summed E-state index contributed by atoms with van der Waals surface area (Å²) in [5.41, 5.74) is 0. The van der Waals surface area contributed by atoms with E-state index in [4.69, 9.17) is 14.2 Å². The Kier molecular flexibility index (Phi) is 9.74. The van der Waals surface area contributed by atoms with Crippen LogP contribution in [0.5, 0.6) is 0 Å². The lowest BCUT2D eigenvalue weighted by Crippen LogP contribution is -2.07. The molecule has 0 rings (SSSR count). The standard InChI is InChI=1S/C12H23O6P/c1-17-19(16,18-2)10-11(13)8-6-4-3-5-7-9-12(14)15/h3-10H2,1-2H3,(H,14,15). The molecule has 0 saturated heterocycles. The van der Waals surface area contributed by atoms with Gasteiger partial charge in [0.25, 0.3) is 0 Å². The molecule has 0 heterocycles. The van der Waals surface area contributed by atoms with Crippen LogP contribution in [0.4, 0.5) is 0 Å². The molecule has 0 bridgehead atoms. The highest BCUT2D eigenvalue weighted by atomic mass is 31.2. The zero-order valence-corrected chi connectivity index (χ0v) is 12.5. The number of carboxylic acids is 1. The van der Waals surface area contributed by atoms with Crippen LogP contribution >= 0.6 is 7.60 Å². The van der Waals surface area contributed by atoms with Crippen molar-refractivity contribution >= 4 is 19.3 Å². The monoisotopic (exact) mass is 294 g/mol. The van der Waals surface area contributed by atoms with Crippen molar-refractivity contribution in [1.82, 2.24) is 0 Å². The lowest BCUT2D eigenvalue weighted by molar-refractivity contribution is -0.137. The van der Waals surface area contributed by atoms with Gasteiger partial charge < -0.3 is 14.2 Å². The van der Waals surface area contributed by atoms with Gasteiger partial charge in [-0.15, -0.1) is 0 Å². The van der Waals surface area contributed by atoms with E-state index in [-0.39, 0.29) is 18.4 Å². The summed E-state index contributed by atoms with van der Waals surface area (Å²) in [5.74, 6) is -0.900. The molecular formula is C12H23O6P. The van der Waals surface area contributed by atoms with Crippen LogP contribution < -0.4 is 0 Å². The fourth-order valence-electron chi connectivity index (χ4n) is 1.63. The van der Waals surface area contributed by atoms with Crippen LogP contribution in [-0.2, 0) is 23.2 Å². The Morgan fingerprint density at radius 2 is 1.42 bits per heavy atom. The Balaban J connectivity index is 3.59. The largest absolute Gasteiger partial charge is 0.481 e. The van der Waals surface area contributed by atoms with E-state index in [0.29, 0.717) is 12.8 Å². The van der Waals surface area contributed by atoms with Crippen LogP contribution in [0, 0.1) is 0 Å². The van der Waals surface area contributed by atoms with Crippen LogP contribution in [0.3, 0.4) is 0 Å². The summed E-state index contributed by atoms with van der Waals surface area (Å²) in [6, 6.07) is 0. The molecule has 0 radical (unpaired) electrons. The summed E-state index contributed by atoms with van der Waals surface area (Å²) < 4.78 is 21.1. The van der Waals surface area contributed by atoms with Crippen molar-refractivity contribution in [2.75, 3.05) is 20.4 Å². The normalized spacial score (nSPS) is 11.5. The summed E-state index contributed by atoms with van der Waals surface area (Å²) in [5, 5.41) is 8.45. The summed E-state index contributed by atoms with van der Waals surface area (Å²) >= 11 is 0. The lowest BCUT2D eigenvalue weighted by Gasteiger charge is -2.12. The van der Waals surface area contributed by atoms with Gasteiger partial charge in [-0.25, -0.2) is 0 Å². The Hall–Kier alpha value is -0.710. The highest BCUT2D eigenvalue weighted by molar-refractivity contribution is 7.54. The summed E-state index contributed by atoms with van der Waals surface area (Å²) in [6.45, 7) is 0. The smallest absolute Gasteiger partial charge is 0.337 e. The fraction of sp³-hybridized carbons (Fsp3) is 0.833. The molecule has 0 aromatic heterocycles. The maximum atomic E-state index is 11.7. The van der Waals surface area contributed by atoms with Crippen LogP contribution in [0.1, 0.15) is 44.9 Å². The second kappa shape index (κ2) is 10.1. The Bertz CT molecular complexity index is 320. The predicted octanol–water partition coefficient (Wildman–Crippen LogP) is 2.86. The number of hydrogen-bond donors (Lipinski definition) is 1. The molecule has 0 aromatic rings. The SMILES string of the molecule is COP(=O)(CC(=O)CCCCCCCC(=O)O)OC. The van der Waals surface area contributed by atoms with Crippen LogP contribution in [-0.4, -0.2) is 37.2 Å². The van der Waals surface area contributed by atoms with E-state index in [2.05, 4.69) is 0 Å². The van der Waals surface area contributed by atoms with E-state index in [9.17, 15) is 14.2 Å². The Morgan fingerprint density at radius 3 is 1.89 bits per heavy atom. The molecule has 0 aromatic carbocycles. The number of Topliss-reactive ketones (excluding diaryl/α,β-unsaturated/α-hetero) is 1. The quantitative estimate of drug-likeness (QED) is 0.439. The first kappa shape index (κ1) is 18.3. The van der Waals surface area contributed by atoms with Crippen LogP contribution in [0.15, 0.2) is 0 Å². The molecule has 6 nitrogen and oxygen atoms in total. The van der Waals surface area contributed by atoms with Crippen molar-refractivity contribution in [1.29, 1.82) is 0 Å². The second-order valence-electron chi connectivity index (χ2n) is 4.33. The van der Waals surface area contributed by atoms with Gasteiger partial charge in [-0.2, -0.15) is 0 Å². The first-order valence-electron chi connectivity index (χ1n) is 6.37. The van der Waals surface area contributed by atoms with Gasteiger partial charge in [0.2, 0.25) is 0 Å². The third-order valence-electron chi connectivity index (χ3n) is 2.77. The number of rotatable bonds is 12. The molecule has 0 aliphatic heterocycles. The van der Waals surface area contributed by atoms with Gasteiger partial charge in [0.05, 0.1) is 0 Å². The number of ketones is 1. The minimum absolute atomic E-state index is 0.127. The van der Waals surface area contributed by atoms with Gasteiger partial charge in [-0.05, 0) is 12.8 Å². The van der Waals surface area contributed by atoms with Crippen molar-refractivity contribution < 1.29 is 28.3 Å². The van der Waals surface area contributed by atoms with E-state index < -0.39 is 13.6 Å². The Labute approximate surface area is 114 Å². The third-order valence-corrected chi connectivity index (χ3v) is 4.63. The number of carboxylic acid groups (broad SMARTS) is 1. The van der Waals surface area contributed by atoms with Crippen molar-refractivity contribution in [3.63, 3.8) is 0 Å². The maximum absolute atomic E-state index is 11.7. The van der Waals surface area contributed by atoms with E-state index in [0.717, 1.165) is 25.7 Å². The molecule has 1 N–H and O–H groups in total. The molecule has 0 aliphatic carbocycles. The van der Waals surface area contributed by atoms with Gasteiger partial charge in [0.1, 0.15) is 11.9 Å². The molecule has 0 unspecified atom stereocenters. The molecular weight excluding hydrogens is 271 g/mol. The molecule has 0 atom stereocenters. The summed E-state index contributed by atoms with van der Waals surface area (Å²) in [7, 11) is -0.702. The van der Waals surface area contributed by atoms with E-state index in [1.165, 1.54) is 14.2 Å². The highest BCUT2D eigenvalue weighted by Crippen LogP contribution is 2.46. The van der Waals surface area contributed by atoms with Crippen molar-refractivity contribution in [3.05, 3.63) is 0 Å². The number of aliphatic carboxylic acids is 1. The maximum Gasteiger partial charge on any atom is 0.337 e. The zero-order valence-electron chi connectivity index (χ0n) is 11.6. The molecule has 112 valence electrons. The van der Waals surface area contributed by atoms with E-state index in [1.54, 1.807) is 0 Å². The second-order valence-corrected chi connectivity index (χ2v) is 6.60. The third kappa shape index (κ3) is 9.82. The highest BCUT2D eigenvalue weighted by Gasteiger charge is 2.24. The molecule has 19 heavy (non-hydrogen) atoms. The van der Waals surface area contributed by atoms with Gasteiger partial charge >= 0.3 is 13.6 Å². The van der Waals surface area contributed by atoms with Crippen LogP contribution in [0.25, 0.3) is 0 Å². The average molecular weight is 294 g/mol. The average Bonchev–Trinajstić information content (AvgIpc) is 2.37. The minimum atomic E-state index is -3.23. The zero-order chi connectivity index (χ0) is 14.7. The van der Waals surface area contributed by atoms with E-state index >= 15 is 0 Å². The molecule has 0 spiro atoms. The molecule has 0 aliphatic rings. The fourth-order valence-corrected chi connectivity index (χ4v) is 2.62. The lowest BCUT2D eigenvalue weighted by atomic mass is 10.1. The van der Waals surface area contributed by atoms with Gasteiger partial charge in [-0.3, -0.25) is 14.2 Å². The summed E-state index contributed by atoms with van der Waals surface area (Å²) in [6.07, 6.45) is 4.40. The minimum Gasteiger partial charge on any atom is -0.481 e. The van der Waals surface area contributed by atoms with Crippen LogP contribution in [0.2, 0.25) is 0 Å². The number of hydrogen-bond acceptors (Lipinski definition) is 5. The predicted molar refractivity (Wildman–Crippen MR) is 71.5 cm³/mol. The van der Waals surface area contributed by atoms with Crippen molar-refractivity contribution in [2.24, 2.45) is 0 Å².